The van der Waals surface area contributed by atoms with Crippen molar-refractivity contribution < 1.29 is 0 Å². The Morgan fingerprint density at radius 3 is 2.40 bits per heavy atom. The predicted molar refractivity (Wildman–Crippen MR) is 51.3 cm³/mol. The zero-order chi connectivity index (χ0) is 7.98. The summed E-state index contributed by atoms with van der Waals surface area (Å²) in [4.78, 5) is 3.00. The van der Waals surface area contributed by atoms with E-state index in [2.05, 4.69) is 29.8 Å². The van der Waals surface area contributed by atoms with E-state index >= 15 is 0 Å². The number of H-pyrrole nitrogens is 1. The van der Waals surface area contributed by atoms with E-state index in [1.54, 1.807) is 0 Å². The SMILES string of the molecule is Cc1ccc[nH]1.NC(=S)S. The lowest BCUT2D eigenvalue weighted by Crippen LogP contribution is -1.94. The van der Waals surface area contributed by atoms with E-state index in [0.29, 0.717) is 0 Å². The summed E-state index contributed by atoms with van der Waals surface area (Å²) in [6, 6.07) is 4.01. The number of aromatic nitrogens is 1. The molecule has 0 unspecified atom stereocenters. The topological polar surface area (TPSA) is 41.8 Å². The zero-order valence-corrected chi connectivity index (χ0v) is 7.38. The van der Waals surface area contributed by atoms with Crippen molar-refractivity contribution in [2.75, 3.05) is 0 Å². The van der Waals surface area contributed by atoms with Crippen molar-refractivity contribution in [3.05, 3.63) is 24.0 Å². The Bertz CT molecular complexity index is 178. The van der Waals surface area contributed by atoms with Crippen molar-refractivity contribution in [1.82, 2.24) is 4.98 Å². The Kier molecular flexibility index (Phi) is 5.06. The monoisotopic (exact) mass is 174 g/mol. The highest BCUT2D eigenvalue weighted by Gasteiger charge is 1.72. The Balaban J connectivity index is 0.000000180. The summed E-state index contributed by atoms with van der Waals surface area (Å²) >= 11 is 7.65. The number of aromatic amines is 1. The fourth-order valence-electron chi connectivity index (χ4n) is 0.420. The van der Waals surface area contributed by atoms with Gasteiger partial charge in [0.15, 0.2) is 0 Å². The third kappa shape index (κ3) is 7.52. The lowest BCUT2D eigenvalue weighted by Gasteiger charge is -1.70. The molecular weight excluding hydrogens is 164 g/mol. The quantitative estimate of drug-likeness (QED) is 0.412. The summed E-state index contributed by atoms with van der Waals surface area (Å²) in [5, 5.41) is 0. The molecule has 10 heavy (non-hydrogen) atoms. The molecule has 56 valence electrons. The number of hydrogen-bond acceptors (Lipinski definition) is 1. The molecule has 0 saturated heterocycles. The number of nitrogens with two attached hydrogens (primary N) is 1. The predicted octanol–water partition coefficient (Wildman–Crippen LogP) is 1.48. The van der Waals surface area contributed by atoms with Gasteiger partial charge in [0.05, 0.1) is 0 Å². The second-order valence-corrected chi connectivity index (χ2v) is 2.92. The van der Waals surface area contributed by atoms with Crippen molar-refractivity contribution in [3.8, 4) is 0 Å². The maximum Gasteiger partial charge on any atom is 0.128 e. The summed E-state index contributed by atoms with van der Waals surface area (Å²) in [6.07, 6.45) is 1.91. The van der Waals surface area contributed by atoms with Crippen LogP contribution in [-0.2, 0) is 0 Å². The van der Waals surface area contributed by atoms with Crippen LogP contribution < -0.4 is 5.73 Å². The minimum Gasteiger partial charge on any atom is -0.385 e. The van der Waals surface area contributed by atoms with Crippen LogP contribution in [-0.4, -0.2) is 9.30 Å². The first kappa shape index (κ1) is 9.52. The normalized spacial score (nSPS) is 7.80. The molecule has 0 saturated carbocycles. The molecule has 1 aromatic rings. The Morgan fingerprint density at radius 1 is 1.80 bits per heavy atom. The van der Waals surface area contributed by atoms with Gasteiger partial charge in [-0.1, -0.05) is 12.2 Å². The van der Waals surface area contributed by atoms with Gasteiger partial charge in [0.1, 0.15) is 4.32 Å². The number of thiocarbonyl (C=S) groups is 1. The largest absolute Gasteiger partial charge is 0.385 e. The van der Waals surface area contributed by atoms with E-state index in [9.17, 15) is 0 Å². The molecule has 3 N–H and O–H groups in total. The van der Waals surface area contributed by atoms with E-state index in [4.69, 9.17) is 5.73 Å². The molecule has 0 radical (unpaired) electrons. The highest BCUT2D eigenvalue weighted by atomic mass is 32.1. The maximum atomic E-state index is 4.71. The fourth-order valence-corrected chi connectivity index (χ4v) is 0.420. The van der Waals surface area contributed by atoms with Gasteiger partial charge in [-0.05, 0) is 19.1 Å². The Labute approximate surface area is 71.2 Å². The molecule has 1 heterocycles. The van der Waals surface area contributed by atoms with Crippen LogP contribution in [0.3, 0.4) is 0 Å². The molecule has 1 aromatic heterocycles. The average molecular weight is 174 g/mol. The summed E-state index contributed by atoms with van der Waals surface area (Å²) in [5.74, 6) is 0. The highest BCUT2D eigenvalue weighted by molar-refractivity contribution is 8.10. The van der Waals surface area contributed by atoms with Crippen LogP contribution in [0.4, 0.5) is 0 Å². The number of hydrogen-bond donors (Lipinski definition) is 3. The molecule has 0 amide bonds. The van der Waals surface area contributed by atoms with Crippen LogP contribution in [0.1, 0.15) is 5.69 Å². The van der Waals surface area contributed by atoms with E-state index in [1.165, 1.54) is 5.69 Å². The second-order valence-electron chi connectivity index (χ2n) is 1.69. The van der Waals surface area contributed by atoms with Crippen molar-refractivity contribution in [1.29, 1.82) is 0 Å². The molecule has 0 aromatic carbocycles. The Hall–Kier alpha value is -0.480. The molecule has 4 heteroatoms. The highest BCUT2D eigenvalue weighted by Crippen LogP contribution is 1.86. The standard InChI is InChI=1S/C5H7N.CH3NS2/c1-5-3-2-4-6-5;2-1(3)4/h2-4,6H,1H3;(H3,2,3,4). The number of aryl methyl sites for hydroxylation is 1. The van der Waals surface area contributed by atoms with Gasteiger partial charge in [0.25, 0.3) is 0 Å². The molecule has 0 aliphatic carbocycles. The van der Waals surface area contributed by atoms with Crippen LogP contribution in [0.5, 0.6) is 0 Å². The maximum absolute atomic E-state index is 4.71. The zero-order valence-electron chi connectivity index (χ0n) is 5.66. The van der Waals surface area contributed by atoms with Crippen LogP contribution in [0.15, 0.2) is 18.3 Å². The lowest BCUT2D eigenvalue weighted by atomic mass is 10.5. The minimum absolute atomic E-state index is 0.194. The second kappa shape index (κ2) is 5.32. The summed E-state index contributed by atoms with van der Waals surface area (Å²) in [6.45, 7) is 2.03. The summed E-state index contributed by atoms with van der Waals surface area (Å²) < 4.78 is 0.194. The average Bonchev–Trinajstić information content (AvgIpc) is 2.15. The number of nitrogens with one attached hydrogen (secondary N) is 1. The van der Waals surface area contributed by atoms with Crippen molar-refractivity contribution in [2.45, 2.75) is 6.92 Å². The summed E-state index contributed by atoms with van der Waals surface area (Å²) in [7, 11) is 0. The summed E-state index contributed by atoms with van der Waals surface area (Å²) in [5.41, 5.74) is 5.92. The van der Waals surface area contributed by atoms with E-state index in [1.807, 2.05) is 25.3 Å². The Morgan fingerprint density at radius 2 is 2.30 bits per heavy atom. The van der Waals surface area contributed by atoms with Gasteiger partial charge in [0, 0.05) is 11.9 Å². The van der Waals surface area contributed by atoms with Gasteiger partial charge in [-0.3, -0.25) is 0 Å². The fraction of sp³-hybridized carbons (Fsp3) is 0.167. The molecular formula is C6H10N2S2. The van der Waals surface area contributed by atoms with Crippen LogP contribution in [0, 0.1) is 6.92 Å². The van der Waals surface area contributed by atoms with E-state index < -0.39 is 0 Å². The van der Waals surface area contributed by atoms with Crippen LogP contribution >= 0.6 is 24.8 Å². The molecule has 0 fully saturated rings. The van der Waals surface area contributed by atoms with Crippen LogP contribution in [0.2, 0.25) is 0 Å². The van der Waals surface area contributed by atoms with Gasteiger partial charge in [-0.2, -0.15) is 0 Å². The molecule has 0 aliphatic rings. The third-order valence-corrected chi connectivity index (χ3v) is 0.753. The molecule has 0 atom stereocenters. The van der Waals surface area contributed by atoms with Crippen molar-refractivity contribution in [3.63, 3.8) is 0 Å². The van der Waals surface area contributed by atoms with Gasteiger partial charge < -0.3 is 10.7 Å². The first-order chi connectivity index (χ1) is 4.63. The smallest absolute Gasteiger partial charge is 0.128 e. The van der Waals surface area contributed by atoms with Gasteiger partial charge in [-0.25, -0.2) is 0 Å². The number of thiol groups is 1. The van der Waals surface area contributed by atoms with Crippen molar-refractivity contribution >= 4 is 29.2 Å². The number of rotatable bonds is 0. The first-order valence-electron chi connectivity index (χ1n) is 2.71. The van der Waals surface area contributed by atoms with Crippen LogP contribution in [0.25, 0.3) is 0 Å². The molecule has 0 aliphatic heterocycles. The van der Waals surface area contributed by atoms with Gasteiger partial charge in [-0.15, -0.1) is 12.6 Å². The molecule has 1 rings (SSSR count). The van der Waals surface area contributed by atoms with E-state index in [-0.39, 0.29) is 4.32 Å². The van der Waals surface area contributed by atoms with Crippen molar-refractivity contribution in [2.24, 2.45) is 5.73 Å². The molecule has 2 nitrogen and oxygen atoms in total. The minimum atomic E-state index is 0.194. The van der Waals surface area contributed by atoms with Gasteiger partial charge >= 0.3 is 0 Å². The lowest BCUT2D eigenvalue weighted by molar-refractivity contribution is 1.27. The molecule has 0 bridgehead atoms. The third-order valence-electron chi connectivity index (χ3n) is 0.753. The first-order valence-corrected chi connectivity index (χ1v) is 3.57. The van der Waals surface area contributed by atoms with E-state index in [0.717, 1.165) is 0 Å². The molecule has 0 spiro atoms. The van der Waals surface area contributed by atoms with Gasteiger partial charge in [0.2, 0.25) is 0 Å².